The molecule has 1 unspecified atom stereocenters. The van der Waals surface area contributed by atoms with Crippen molar-refractivity contribution in [3.8, 4) is 0 Å². The molecule has 2 nitrogen and oxygen atoms in total. The Labute approximate surface area is 113 Å². The van der Waals surface area contributed by atoms with Crippen LogP contribution in [-0.4, -0.2) is 0 Å². The molecule has 0 aliphatic carbocycles. The SMILES string of the molecule is Cc1cccc(CC(NN)c2cc(C)c(C)s2)c1. The number of rotatable bonds is 4. The molecule has 2 rings (SSSR count). The van der Waals surface area contributed by atoms with Crippen molar-refractivity contribution in [1.29, 1.82) is 0 Å². The van der Waals surface area contributed by atoms with Crippen LogP contribution in [0.4, 0.5) is 0 Å². The summed E-state index contributed by atoms with van der Waals surface area (Å²) in [5.41, 5.74) is 6.90. The zero-order chi connectivity index (χ0) is 13.1. The molecule has 0 aliphatic rings. The van der Waals surface area contributed by atoms with Gasteiger partial charge in [-0.2, -0.15) is 0 Å². The molecular formula is C15H20N2S. The first kappa shape index (κ1) is 13.3. The number of benzene rings is 1. The van der Waals surface area contributed by atoms with Crippen LogP contribution in [0.2, 0.25) is 0 Å². The number of nitrogens with two attached hydrogens (primary N) is 1. The Morgan fingerprint density at radius 1 is 1.22 bits per heavy atom. The number of hydrogen-bond donors (Lipinski definition) is 2. The molecule has 1 heterocycles. The van der Waals surface area contributed by atoms with E-state index in [1.165, 1.54) is 26.4 Å². The Hall–Kier alpha value is -1.16. The molecule has 0 bridgehead atoms. The van der Waals surface area contributed by atoms with Gasteiger partial charge in [-0.15, -0.1) is 11.3 Å². The van der Waals surface area contributed by atoms with Crippen LogP contribution in [0, 0.1) is 20.8 Å². The zero-order valence-corrected chi connectivity index (χ0v) is 12.0. The third-order valence-electron chi connectivity index (χ3n) is 3.25. The predicted octanol–water partition coefficient (Wildman–Crippen LogP) is 3.42. The van der Waals surface area contributed by atoms with Gasteiger partial charge in [0.25, 0.3) is 0 Å². The summed E-state index contributed by atoms with van der Waals surface area (Å²) >= 11 is 1.83. The highest BCUT2D eigenvalue weighted by Crippen LogP contribution is 2.28. The Balaban J connectivity index is 2.19. The molecule has 0 amide bonds. The van der Waals surface area contributed by atoms with Gasteiger partial charge in [-0.25, -0.2) is 0 Å². The van der Waals surface area contributed by atoms with Gasteiger partial charge in [-0.3, -0.25) is 11.3 Å². The summed E-state index contributed by atoms with van der Waals surface area (Å²) in [6.45, 7) is 6.42. The van der Waals surface area contributed by atoms with E-state index in [4.69, 9.17) is 5.84 Å². The fourth-order valence-electron chi connectivity index (χ4n) is 2.09. The molecule has 1 aromatic heterocycles. The van der Waals surface area contributed by atoms with E-state index in [2.05, 4.69) is 56.5 Å². The monoisotopic (exact) mass is 260 g/mol. The summed E-state index contributed by atoms with van der Waals surface area (Å²) < 4.78 is 0. The lowest BCUT2D eigenvalue weighted by atomic mass is 10.0. The van der Waals surface area contributed by atoms with E-state index in [0.29, 0.717) is 0 Å². The fraction of sp³-hybridized carbons (Fsp3) is 0.333. The quantitative estimate of drug-likeness (QED) is 0.653. The van der Waals surface area contributed by atoms with Crippen molar-refractivity contribution in [3.63, 3.8) is 0 Å². The standard InChI is InChI=1S/C15H20N2S/c1-10-5-4-6-13(7-10)9-14(17-16)15-8-11(2)12(3)18-15/h4-8,14,17H,9,16H2,1-3H3. The van der Waals surface area contributed by atoms with E-state index in [-0.39, 0.29) is 6.04 Å². The van der Waals surface area contributed by atoms with Crippen molar-refractivity contribution in [3.05, 3.63) is 56.8 Å². The highest BCUT2D eigenvalue weighted by atomic mass is 32.1. The van der Waals surface area contributed by atoms with Crippen molar-refractivity contribution in [2.45, 2.75) is 33.2 Å². The second-order valence-electron chi connectivity index (χ2n) is 4.80. The molecule has 0 spiro atoms. The van der Waals surface area contributed by atoms with E-state index in [0.717, 1.165) is 6.42 Å². The minimum absolute atomic E-state index is 0.198. The first-order chi connectivity index (χ1) is 8.60. The average Bonchev–Trinajstić information content (AvgIpc) is 2.66. The van der Waals surface area contributed by atoms with Crippen LogP contribution >= 0.6 is 11.3 Å². The molecule has 0 aliphatic heterocycles. The van der Waals surface area contributed by atoms with Crippen molar-refractivity contribution in [2.24, 2.45) is 5.84 Å². The van der Waals surface area contributed by atoms with Gasteiger partial charge in [0.05, 0.1) is 6.04 Å². The second kappa shape index (κ2) is 5.65. The van der Waals surface area contributed by atoms with E-state index in [1.807, 2.05) is 11.3 Å². The van der Waals surface area contributed by atoms with Gasteiger partial charge in [0, 0.05) is 9.75 Å². The molecule has 0 fully saturated rings. The third kappa shape index (κ3) is 2.99. The fourth-order valence-corrected chi connectivity index (χ4v) is 3.19. The van der Waals surface area contributed by atoms with Gasteiger partial charge in [0.1, 0.15) is 0 Å². The molecular weight excluding hydrogens is 240 g/mol. The summed E-state index contributed by atoms with van der Waals surface area (Å²) in [4.78, 5) is 2.68. The van der Waals surface area contributed by atoms with Crippen LogP contribution in [0.5, 0.6) is 0 Å². The summed E-state index contributed by atoms with van der Waals surface area (Å²) in [7, 11) is 0. The van der Waals surface area contributed by atoms with E-state index in [9.17, 15) is 0 Å². The predicted molar refractivity (Wildman–Crippen MR) is 78.7 cm³/mol. The maximum absolute atomic E-state index is 5.71. The van der Waals surface area contributed by atoms with Gasteiger partial charge in [0.2, 0.25) is 0 Å². The minimum Gasteiger partial charge on any atom is -0.271 e. The molecule has 2 aromatic rings. The van der Waals surface area contributed by atoms with Gasteiger partial charge in [-0.05, 0) is 44.4 Å². The van der Waals surface area contributed by atoms with Crippen molar-refractivity contribution in [2.75, 3.05) is 0 Å². The molecule has 3 N–H and O–H groups in total. The Morgan fingerprint density at radius 3 is 2.56 bits per heavy atom. The van der Waals surface area contributed by atoms with Crippen LogP contribution in [0.1, 0.15) is 32.5 Å². The number of hydrogen-bond acceptors (Lipinski definition) is 3. The first-order valence-corrected chi connectivity index (χ1v) is 7.00. The molecule has 0 saturated carbocycles. The van der Waals surface area contributed by atoms with Crippen molar-refractivity contribution in [1.82, 2.24) is 5.43 Å². The molecule has 96 valence electrons. The topological polar surface area (TPSA) is 38.0 Å². The molecule has 18 heavy (non-hydrogen) atoms. The van der Waals surface area contributed by atoms with Crippen LogP contribution in [0.3, 0.4) is 0 Å². The number of nitrogens with one attached hydrogen (secondary N) is 1. The normalized spacial score (nSPS) is 12.7. The van der Waals surface area contributed by atoms with Gasteiger partial charge < -0.3 is 0 Å². The second-order valence-corrected chi connectivity index (χ2v) is 6.09. The smallest absolute Gasteiger partial charge is 0.0593 e. The van der Waals surface area contributed by atoms with E-state index >= 15 is 0 Å². The zero-order valence-electron chi connectivity index (χ0n) is 11.2. The van der Waals surface area contributed by atoms with Crippen molar-refractivity contribution < 1.29 is 0 Å². The average molecular weight is 260 g/mol. The maximum Gasteiger partial charge on any atom is 0.0593 e. The number of aryl methyl sites for hydroxylation is 3. The highest BCUT2D eigenvalue weighted by Gasteiger charge is 2.14. The van der Waals surface area contributed by atoms with Gasteiger partial charge in [0.15, 0.2) is 0 Å². The van der Waals surface area contributed by atoms with E-state index in [1.54, 1.807) is 0 Å². The highest BCUT2D eigenvalue weighted by molar-refractivity contribution is 7.12. The Morgan fingerprint density at radius 2 is 2.00 bits per heavy atom. The summed E-state index contributed by atoms with van der Waals surface area (Å²) in [6, 6.07) is 11.0. The lowest BCUT2D eigenvalue weighted by Gasteiger charge is -2.14. The van der Waals surface area contributed by atoms with Gasteiger partial charge in [-0.1, -0.05) is 29.8 Å². The number of thiophene rings is 1. The number of hydrazine groups is 1. The lowest BCUT2D eigenvalue weighted by molar-refractivity contribution is 0.560. The Bertz CT molecular complexity index is 512. The largest absolute Gasteiger partial charge is 0.271 e. The molecule has 1 atom stereocenters. The molecule has 0 saturated heterocycles. The summed E-state index contributed by atoms with van der Waals surface area (Å²) in [5.74, 6) is 5.71. The van der Waals surface area contributed by atoms with Crippen LogP contribution in [0.15, 0.2) is 30.3 Å². The van der Waals surface area contributed by atoms with E-state index < -0.39 is 0 Å². The lowest BCUT2D eigenvalue weighted by Crippen LogP contribution is -2.28. The first-order valence-electron chi connectivity index (χ1n) is 6.18. The summed E-state index contributed by atoms with van der Waals surface area (Å²) in [6.07, 6.45) is 0.928. The minimum atomic E-state index is 0.198. The Kier molecular flexibility index (Phi) is 4.17. The molecule has 1 aromatic carbocycles. The van der Waals surface area contributed by atoms with Crippen LogP contribution in [0.25, 0.3) is 0 Å². The van der Waals surface area contributed by atoms with Crippen LogP contribution in [-0.2, 0) is 6.42 Å². The third-order valence-corrected chi connectivity index (χ3v) is 4.52. The van der Waals surface area contributed by atoms with Crippen LogP contribution < -0.4 is 11.3 Å². The molecule has 3 heteroatoms. The summed E-state index contributed by atoms with van der Waals surface area (Å²) in [5, 5.41) is 0. The maximum atomic E-state index is 5.71. The van der Waals surface area contributed by atoms with Crippen molar-refractivity contribution >= 4 is 11.3 Å². The molecule has 0 radical (unpaired) electrons. The van der Waals surface area contributed by atoms with Gasteiger partial charge >= 0.3 is 0 Å².